The first-order chi connectivity index (χ1) is 6.93. The standard InChI is InChI=1S/C13H18S/c1-2-3-4-5-6-7-8-10-13-11-9-12-14-13/h9,11-12H,2-7H2,1H3. The number of rotatable bonds is 5. The van der Waals surface area contributed by atoms with Crippen molar-refractivity contribution in [2.75, 3.05) is 0 Å². The van der Waals surface area contributed by atoms with Crippen LogP contribution in [0.4, 0.5) is 0 Å². The summed E-state index contributed by atoms with van der Waals surface area (Å²) >= 11 is 1.72. The van der Waals surface area contributed by atoms with Crippen molar-refractivity contribution in [2.45, 2.75) is 45.4 Å². The second-order valence-corrected chi connectivity index (χ2v) is 4.39. The number of unbranched alkanes of at least 4 members (excludes halogenated alkanes) is 5. The molecule has 1 rings (SSSR count). The highest BCUT2D eigenvalue weighted by molar-refractivity contribution is 7.10. The molecular weight excluding hydrogens is 188 g/mol. The third-order valence-corrected chi connectivity index (χ3v) is 2.92. The van der Waals surface area contributed by atoms with Crippen molar-refractivity contribution in [3.8, 4) is 11.8 Å². The summed E-state index contributed by atoms with van der Waals surface area (Å²) in [6.45, 7) is 2.25. The van der Waals surface area contributed by atoms with E-state index < -0.39 is 0 Å². The van der Waals surface area contributed by atoms with Crippen molar-refractivity contribution in [3.63, 3.8) is 0 Å². The van der Waals surface area contributed by atoms with Crippen molar-refractivity contribution >= 4 is 11.3 Å². The maximum Gasteiger partial charge on any atom is 0.0768 e. The first-order valence-electron chi connectivity index (χ1n) is 5.46. The van der Waals surface area contributed by atoms with Crippen molar-refractivity contribution in [1.29, 1.82) is 0 Å². The van der Waals surface area contributed by atoms with E-state index in [0.717, 1.165) is 6.42 Å². The predicted molar refractivity (Wildman–Crippen MR) is 64.6 cm³/mol. The molecule has 0 saturated carbocycles. The van der Waals surface area contributed by atoms with Gasteiger partial charge < -0.3 is 0 Å². The molecule has 0 bridgehead atoms. The molecule has 0 aromatic carbocycles. The van der Waals surface area contributed by atoms with Crippen molar-refractivity contribution in [2.24, 2.45) is 0 Å². The van der Waals surface area contributed by atoms with Crippen LogP contribution in [0.1, 0.15) is 50.3 Å². The third-order valence-electron chi connectivity index (χ3n) is 2.14. The molecule has 0 radical (unpaired) electrons. The molecule has 14 heavy (non-hydrogen) atoms. The molecule has 1 heteroatoms. The molecule has 0 aliphatic heterocycles. The molecule has 1 heterocycles. The van der Waals surface area contributed by atoms with Gasteiger partial charge in [0.15, 0.2) is 0 Å². The van der Waals surface area contributed by atoms with E-state index in [1.165, 1.54) is 37.0 Å². The molecule has 0 atom stereocenters. The lowest BCUT2D eigenvalue weighted by Crippen LogP contribution is -1.76. The summed E-state index contributed by atoms with van der Waals surface area (Å²) in [6, 6.07) is 4.13. The molecule has 0 amide bonds. The molecule has 0 aliphatic rings. The van der Waals surface area contributed by atoms with E-state index in [2.05, 4.69) is 36.3 Å². The van der Waals surface area contributed by atoms with Crippen LogP contribution in [0.25, 0.3) is 0 Å². The lowest BCUT2D eigenvalue weighted by Gasteiger charge is -1.94. The van der Waals surface area contributed by atoms with Gasteiger partial charge in [-0.05, 0) is 17.9 Å². The zero-order chi connectivity index (χ0) is 10.1. The molecule has 0 fully saturated rings. The molecule has 0 N–H and O–H groups in total. The fraction of sp³-hybridized carbons (Fsp3) is 0.538. The molecular formula is C13H18S. The first kappa shape index (κ1) is 11.3. The van der Waals surface area contributed by atoms with Crippen molar-refractivity contribution < 1.29 is 0 Å². The van der Waals surface area contributed by atoms with E-state index in [-0.39, 0.29) is 0 Å². The van der Waals surface area contributed by atoms with Gasteiger partial charge in [-0.2, -0.15) is 0 Å². The quantitative estimate of drug-likeness (QED) is 0.493. The fourth-order valence-electron chi connectivity index (χ4n) is 1.32. The molecule has 0 aliphatic carbocycles. The van der Waals surface area contributed by atoms with Gasteiger partial charge in [0.05, 0.1) is 4.88 Å². The van der Waals surface area contributed by atoms with Gasteiger partial charge in [-0.25, -0.2) is 0 Å². The molecule has 0 unspecified atom stereocenters. The second kappa shape index (κ2) is 7.64. The van der Waals surface area contributed by atoms with Gasteiger partial charge in [-0.3, -0.25) is 0 Å². The zero-order valence-electron chi connectivity index (χ0n) is 8.88. The zero-order valence-corrected chi connectivity index (χ0v) is 9.70. The largest absolute Gasteiger partial charge is 0.135 e. The summed E-state index contributed by atoms with van der Waals surface area (Å²) in [5.41, 5.74) is 0. The van der Waals surface area contributed by atoms with Gasteiger partial charge in [0.1, 0.15) is 0 Å². The first-order valence-corrected chi connectivity index (χ1v) is 6.34. The molecule has 0 spiro atoms. The second-order valence-electron chi connectivity index (χ2n) is 3.44. The Hall–Kier alpha value is -0.740. The Bertz CT molecular complexity index is 274. The normalized spacial score (nSPS) is 9.50. The van der Waals surface area contributed by atoms with E-state index >= 15 is 0 Å². The maximum atomic E-state index is 3.23. The van der Waals surface area contributed by atoms with E-state index in [1.54, 1.807) is 11.3 Å². The maximum absolute atomic E-state index is 3.23. The Labute approximate surface area is 91.4 Å². The van der Waals surface area contributed by atoms with Crippen LogP contribution in [0.3, 0.4) is 0 Å². The molecule has 76 valence electrons. The van der Waals surface area contributed by atoms with Gasteiger partial charge in [0.2, 0.25) is 0 Å². The molecule has 1 aromatic rings. The summed E-state index contributed by atoms with van der Waals surface area (Å²) in [6.07, 6.45) is 7.73. The van der Waals surface area contributed by atoms with Gasteiger partial charge in [-0.15, -0.1) is 11.3 Å². The van der Waals surface area contributed by atoms with E-state index in [9.17, 15) is 0 Å². The topological polar surface area (TPSA) is 0 Å². The minimum absolute atomic E-state index is 1.06. The molecule has 0 saturated heterocycles. The number of hydrogen-bond donors (Lipinski definition) is 0. The van der Waals surface area contributed by atoms with Gasteiger partial charge >= 0.3 is 0 Å². The van der Waals surface area contributed by atoms with Gasteiger partial charge in [-0.1, -0.05) is 50.5 Å². The predicted octanol–water partition coefficient (Wildman–Crippen LogP) is 4.46. The van der Waals surface area contributed by atoms with Gasteiger partial charge in [0, 0.05) is 6.42 Å². The number of hydrogen-bond acceptors (Lipinski definition) is 1. The molecule has 0 nitrogen and oxygen atoms in total. The summed E-state index contributed by atoms with van der Waals surface area (Å²) < 4.78 is 0. The van der Waals surface area contributed by atoms with E-state index in [0.29, 0.717) is 0 Å². The highest BCUT2D eigenvalue weighted by Gasteiger charge is 1.87. The van der Waals surface area contributed by atoms with E-state index in [1.807, 2.05) is 0 Å². The monoisotopic (exact) mass is 206 g/mol. The SMILES string of the molecule is CCCCCCCC#Cc1cccs1. The van der Waals surface area contributed by atoms with E-state index in [4.69, 9.17) is 0 Å². The number of thiophene rings is 1. The van der Waals surface area contributed by atoms with Crippen LogP contribution in [-0.2, 0) is 0 Å². The van der Waals surface area contributed by atoms with Crippen LogP contribution in [0.2, 0.25) is 0 Å². The highest BCUT2D eigenvalue weighted by atomic mass is 32.1. The van der Waals surface area contributed by atoms with Crippen LogP contribution in [-0.4, -0.2) is 0 Å². The summed E-state index contributed by atoms with van der Waals surface area (Å²) in [5.74, 6) is 6.41. The lowest BCUT2D eigenvalue weighted by molar-refractivity contribution is 0.641. The summed E-state index contributed by atoms with van der Waals surface area (Å²) in [7, 11) is 0. The Kier molecular flexibility index (Phi) is 6.19. The van der Waals surface area contributed by atoms with Crippen LogP contribution >= 0.6 is 11.3 Å². The van der Waals surface area contributed by atoms with Crippen molar-refractivity contribution in [1.82, 2.24) is 0 Å². The summed E-state index contributed by atoms with van der Waals surface area (Å²) in [4.78, 5) is 1.19. The van der Waals surface area contributed by atoms with Crippen LogP contribution < -0.4 is 0 Å². The van der Waals surface area contributed by atoms with Crippen LogP contribution in [0.15, 0.2) is 17.5 Å². The van der Waals surface area contributed by atoms with Crippen LogP contribution in [0, 0.1) is 11.8 Å². The highest BCUT2D eigenvalue weighted by Crippen LogP contribution is 2.07. The smallest absolute Gasteiger partial charge is 0.0768 e. The minimum atomic E-state index is 1.06. The van der Waals surface area contributed by atoms with Crippen molar-refractivity contribution in [3.05, 3.63) is 22.4 Å². The average molecular weight is 206 g/mol. The third kappa shape index (κ3) is 5.09. The Balaban J connectivity index is 2.03. The summed E-state index contributed by atoms with van der Waals surface area (Å²) in [5, 5.41) is 2.07. The molecule has 1 aromatic heterocycles. The Morgan fingerprint density at radius 2 is 2.07 bits per heavy atom. The lowest BCUT2D eigenvalue weighted by atomic mass is 10.1. The van der Waals surface area contributed by atoms with Crippen LogP contribution in [0.5, 0.6) is 0 Å². The fourth-order valence-corrected chi connectivity index (χ4v) is 1.91. The van der Waals surface area contributed by atoms with Gasteiger partial charge in [0.25, 0.3) is 0 Å². The Morgan fingerprint density at radius 3 is 2.79 bits per heavy atom. The average Bonchev–Trinajstić information content (AvgIpc) is 2.69. The minimum Gasteiger partial charge on any atom is -0.135 e. The Morgan fingerprint density at radius 1 is 1.21 bits per heavy atom.